The molecule has 5 heteroatoms. The summed E-state index contributed by atoms with van der Waals surface area (Å²) in [6.45, 7) is 0. The van der Waals surface area contributed by atoms with E-state index in [0.29, 0.717) is 12.1 Å². The number of pyridine rings is 1. The number of nitrogens with zero attached hydrogens (tertiary/aromatic N) is 1. The Morgan fingerprint density at radius 3 is 2.39 bits per heavy atom. The second kappa shape index (κ2) is 10.4. The fourth-order valence-corrected chi connectivity index (χ4v) is 3.73. The molecule has 0 fully saturated rings. The minimum Gasteiger partial charge on any atom is -0.466 e. The summed E-state index contributed by atoms with van der Waals surface area (Å²) < 4.78 is 4.67. The summed E-state index contributed by atoms with van der Waals surface area (Å²) in [7, 11) is 1.33. The first-order valence-corrected chi connectivity index (χ1v) is 10.7. The predicted molar refractivity (Wildman–Crippen MR) is 131 cm³/mol. The Bertz CT molecular complexity index is 1280. The van der Waals surface area contributed by atoms with Crippen molar-refractivity contribution < 1.29 is 14.3 Å². The zero-order valence-corrected chi connectivity index (χ0v) is 18.3. The van der Waals surface area contributed by atoms with Gasteiger partial charge in [0.1, 0.15) is 0 Å². The molecule has 164 valence electrons. The highest BCUT2D eigenvalue weighted by Crippen LogP contribution is 2.28. The Morgan fingerprint density at radius 1 is 0.909 bits per heavy atom. The molecule has 0 aliphatic heterocycles. The van der Waals surface area contributed by atoms with Gasteiger partial charge in [0.05, 0.1) is 24.2 Å². The molecule has 1 unspecified atom stereocenters. The van der Waals surface area contributed by atoms with E-state index in [1.165, 1.54) is 13.2 Å². The van der Waals surface area contributed by atoms with Crippen LogP contribution in [0.3, 0.4) is 0 Å². The largest absolute Gasteiger partial charge is 0.466 e. The Balaban J connectivity index is 1.62. The maximum atomic E-state index is 13.4. The number of carbonyl (C=O) groups is 2. The molecule has 0 bridgehead atoms. The summed E-state index contributed by atoms with van der Waals surface area (Å²) in [5.41, 5.74) is 4.42. The number of benzene rings is 3. The van der Waals surface area contributed by atoms with Crippen molar-refractivity contribution in [1.82, 2.24) is 4.98 Å². The van der Waals surface area contributed by atoms with Gasteiger partial charge in [0.2, 0.25) is 5.91 Å². The molecule has 33 heavy (non-hydrogen) atoms. The maximum Gasteiger partial charge on any atom is 0.330 e. The molecule has 0 spiro atoms. The van der Waals surface area contributed by atoms with Crippen molar-refractivity contribution in [3.63, 3.8) is 0 Å². The molecule has 0 saturated heterocycles. The van der Waals surface area contributed by atoms with E-state index in [1.807, 2.05) is 84.9 Å². The molecule has 1 atom stereocenters. The van der Waals surface area contributed by atoms with Crippen LogP contribution in [0.5, 0.6) is 0 Å². The van der Waals surface area contributed by atoms with E-state index in [4.69, 9.17) is 0 Å². The second-order valence-corrected chi connectivity index (χ2v) is 7.57. The lowest BCUT2D eigenvalue weighted by Crippen LogP contribution is -2.21. The zero-order valence-electron chi connectivity index (χ0n) is 18.3. The molecule has 0 aliphatic carbocycles. The summed E-state index contributed by atoms with van der Waals surface area (Å²) >= 11 is 0. The molecule has 0 radical (unpaired) electrons. The topological polar surface area (TPSA) is 68.3 Å². The van der Waals surface area contributed by atoms with Crippen molar-refractivity contribution in [2.24, 2.45) is 0 Å². The number of rotatable bonds is 7. The van der Waals surface area contributed by atoms with E-state index in [-0.39, 0.29) is 5.91 Å². The highest BCUT2D eigenvalue weighted by Gasteiger charge is 2.21. The van der Waals surface area contributed by atoms with Crippen molar-refractivity contribution in [2.45, 2.75) is 12.3 Å². The van der Waals surface area contributed by atoms with Gasteiger partial charge in [-0.05, 0) is 35.2 Å². The Hall–Kier alpha value is -4.25. The van der Waals surface area contributed by atoms with Crippen molar-refractivity contribution in [3.05, 3.63) is 109 Å². The zero-order chi connectivity index (χ0) is 23.0. The van der Waals surface area contributed by atoms with E-state index >= 15 is 0 Å². The standard InChI is InChI=1S/C28H24N2O3/c1-33-26(31)14-6-12-24(22-17-15-21(16-18-22)20-8-3-2-4-9-20)28(32)30-25-13-5-10-23-11-7-19-29-27(23)25/h2-11,13-19,24H,12H2,1H3,(H,30,32)/b14-6+. The van der Waals surface area contributed by atoms with Crippen LogP contribution >= 0.6 is 0 Å². The van der Waals surface area contributed by atoms with E-state index in [9.17, 15) is 9.59 Å². The third-order valence-electron chi connectivity index (χ3n) is 5.45. The van der Waals surface area contributed by atoms with E-state index < -0.39 is 11.9 Å². The smallest absolute Gasteiger partial charge is 0.330 e. The van der Waals surface area contributed by atoms with Crippen molar-refractivity contribution in [3.8, 4) is 11.1 Å². The average molecular weight is 437 g/mol. The quantitative estimate of drug-likeness (QED) is 0.296. The first kappa shape index (κ1) is 22.0. The molecule has 1 N–H and O–H groups in total. The normalized spacial score (nSPS) is 11.9. The SMILES string of the molecule is COC(=O)/C=C/CC(C(=O)Nc1cccc2cccnc12)c1ccc(-c2ccccc2)cc1. The number of nitrogens with one attached hydrogen (secondary N) is 1. The maximum absolute atomic E-state index is 13.4. The van der Waals surface area contributed by atoms with Crippen molar-refractivity contribution in [2.75, 3.05) is 12.4 Å². The number of allylic oxidation sites excluding steroid dienone is 1. The monoisotopic (exact) mass is 436 g/mol. The summed E-state index contributed by atoms with van der Waals surface area (Å²) in [6, 6.07) is 27.5. The first-order chi connectivity index (χ1) is 16.2. The van der Waals surface area contributed by atoms with Gasteiger partial charge in [0, 0.05) is 17.7 Å². The van der Waals surface area contributed by atoms with Gasteiger partial charge in [-0.15, -0.1) is 0 Å². The van der Waals surface area contributed by atoms with Crippen LogP contribution < -0.4 is 5.32 Å². The first-order valence-electron chi connectivity index (χ1n) is 10.7. The van der Waals surface area contributed by atoms with Gasteiger partial charge < -0.3 is 10.1 Å². The molecule has 1 aromatic heterocycles. The number of carbonyl (C=O) groups excluding carboxylic acids is 2. The number of anilines is 1. The van der Waals surface area contributed by atoms with E-state index in [2.05, 4.69) is 15.0 Å². The number of methoxy groups -OCH3 is 1. The van der Waals surface area contributed by atoms with E-state index in [0.717, 1.165) is 27.6 Å². The number of amides is 1. The number of esters is 1. The Labute approximate surface area is 192 Å². The highest BCUT2D eigenvalue weighted by molar-refractivity contribution is 6.02. The summed E-state index contributed by atoms with van der Waals surface area (Å²) in [4.78, 5) is 29.3. The number of hydrogen-bond donors (Lipinski definition) is 1. The van der Waals surface area contributed by atoms with Gasteiger partial charge in [-0.2, -0.15) is 0 Å². The van der Waals surface area contributed by atoms with Gasteiger partial charge in [-0.3, -0.25) is 9.78 Å². The van der Waals surface area contributed by atoms with Crippen molar-refractivity contribution in [1.29, 1.82) is 0 Å². The van der Waals surface area contributed by atoms with Gasteiger partial charge in [0.25, 0.3) is 0 Å². The minimum atomic E-state index is -0.491. The van der Waals surface area contributed by atoms with Gasteiger partial charge in [-0.25, -0.2) is 4.79 Å². The van der Waals surface area contributed by atoms with Crippen LogP contribution in [0, 0.1) is 0 Å². The van der Waals surface area contributed by atoms with Gasteiger partial charge in [0.15, 0.2) is 0 Å². The molecule has 4 aromatic rings. The predicted octanol–water partition coefficient (Wildman–Crippen LogP) is 5.74. The van der Waals surface area contributed by atoms with Crippen molar-refractivity contribution >= 4 is 28.5 Å². The van der Waals surface area contributed by atoms with Crippen LogP contribution in [0.1, 0.15) is 17.9 Å². The van der Waals surface area contributed by atoms with Crippen LogP contribution in [0.4, 0.5) is 5.69 Å². The Kier molecular flexibility index (Phi) is 6.90. The van der Waals surface area contributed by atoms with Crippen LogP contribution in [0.15, 0.2) is 103 Å². The lowest BCUT2D eigenvalue weighted by Gasteiger charge is -2.17. The van der Waals surface area contributed by atoms with Crippen LogP contribution in [0.25, 0.3) is 22.0 Å². The number of hydrogen-bond acceptors (Lipinski definition) is 4. The second-order valence-electron chi connectivity index (χ2n) is 7.57. The molecule has 3 aromatic carbocycles. The van der Waals surface area contributed by atoms with E-state index in [1.54, 1.807) is 12.3 Å². The molecule has 0 saturated carbocycles. The lowest BCUT2D eigenvalue weighted by molar-refractivity contribution is -0.134. The van der Waals surface area contributed by atoms with Crippen LogP contribution in [-0.2, 0) is 14.3 Å². The number of ether oxygens (including phenoxy) is 1. The average Bonchev–Trinajstić information content (AvgIpc) is 2.87. The highest BCUT2D eigenvalue weighted by atomic mass is 16.5. The summed E-state index contributed by atoms with van der Waals surface area (Å²) in [5.74, 6) is -1.11. The molecular formula is C28H24N2O3. The molecule has 0 aliphatic rings. The number of para-hydroxylation sites is 1. The molecular weight excluding hydrogens is 412 g/mol. The van der Waals surface area contributed by atoms with Crippen LogP contribution in [0.2, 0.25) is 0 Å². The summed E-state index contributed by atoms with van der Waals surface area (Å²) in [6.07, 6.45) is 5.07. The van der Waals surface area contributed by atoms with Gasteiger partial charge >= 0.3 is 5.97 Å². The Morgan fingerprint density at radius 2 is 1.64 bits per heavy atom. The number of fused-ring (bicyclic) bond motifs is 1. The third-order valence-corrected chi connectivity index (χ3v) is 5.45. The number of aromatic nitrogens is 1. The fraction of sp³-hybridized carbons (Fsp3) is 0.107. The molecule has 1 heterocycles. The summed E-state index contributed by atoms with van der Waals surface area (Å²) in [5, 5.41) is 3.98. The van der Waals surface area contributed by atoms with Crippen LogP contribution in [-0.4, -0.2) is 24.0 Å². The fourth-order valence-electron chi connectivity index (χ4n) is 3.73. The molecule has 4 rings (SSSR count). The van der Waals surface area contributed by atoms with Gasteiger partial charge in [-0.1, -0.05) is 78.9 Å². The molecule has 5 nitrogen and oxygen atoms in total. The molecule has 1 amide bonds. The third kappa shape index (κ3) is 5.33. The minimum absolute atomic E-state index is 0.171. The lowest BCUT2D eigenvalue weighted by atomic mass is 9.92.